The first-order valence-electron chi connectivity index (χ1n) is 37.3. The van der Waals surface area contributed by atoms with Crippen molar-refractivity contribution in [2.75, 3.05) is 19.6 Å². The molecule has 0 aliphatic carbocycles. The monoisotopic (exact) mass is 1400 g/mol. The Morgan fingerprint density at radius 3 is 0.782 bits per heavy atom. The van der Waals surface area contributed by atoms with Gasteiger partial charge in [0.15, 0.2) is 0 Å². The fourth-order valence-electron chi connectivity index (χ4n) is 16.5. The molecule has 0 aliphatic heterocycles. The van der Waals surface area contributed by atoms with Crippen molar-refractivity contribution >= 4 is 177 Å². The van der Waals surface area contributed by atoms with Gasteiger partial charge in [-0.25, -0.2) is 9.97 Å². The molecular formula is C102H66N8. The molecule has 0 amide bonds. The van der Waals surface area contributed by atoms with Crippen LogP contribution in [0.1, 0.15) is 0 Å². The van der Waals surface area contributed by atoms with E-state index in [2.05, 4.69) is 396 Å². The number of pyridine rings is 4. The molecule has 4 heterocycles. The molecule has 8 heteroatoms. The highest BCUT2D eigenvalue weighted by molar-refractivity contribution is 6.23. The van der Waals surface area contributed by atoms with Gasteiger partial charge in [0.2, 0.25) is 0 Å². The number of fused-ring (bicyclic) bond motifs is 12. The van der Waals surface area contributed by atoms with E-state index >= 15 is 0 Å². The van der Waals surface area contributed by atoms with Crippen molar-refractivity contribution in [3.05, 3.63) is 401 Å². The van der Waals surface area contributed by atoms with Crippen LogP contribution in [0.2, 0.25) is 0 Å². The highest BCUT2D eigenvalue weighted by Gasteiger charge is 2.26. The average molecular weight is 1400 g/mol. The van der Waals surface area contributed by atoms with Crippen LogP contribution < -0.4 is 19.6 Å². The summed E-state index contributed by atoms with van der Waals surface area (Å²) in [7, 11) is 0. The van der Waals surface area contributed by atoms with E-state index < -0.39 is 0 Å². The van der Waals surface area contributed by atoms with Gasteiger partial charge in [-0.3, -0.25) is 19.8 Å². The van der Waals surface area contributed by atoms with E-state index in [1.807, 2.05) is 24.5 Å². The molecule has 21 rings (SSSR count). The summed E-state index contributed by atoms with van der Waals surface area (Å²) >= 11 is 0. The second kappa shape index (κ2) is 26.6. The Morgan fingerprint density at radius 2 is 0.427 bits per heavy atom. The molecule has 0 atom stereocenters. The van der Waals surface area contributed by atoms with Gasteiger partial charge in [0.25, 0.3) is 0 Å². The minimum absolute atomic E-state index is 0.769. The zero-order valence-electron chi connectivity index (χ0n) is 59.7. The van der Waals surface area contributed by atoms with E-state index in [9.17, 15) is 0 Å². The van der Waals surface area contributed by atoms with E-state index in [0.717, 1.165) is 156 Å². The van der Waals surface area contributed by atoms with E-state index in [-0.39, 0.29) is 0 Å². The molecule has 0 radical (unpaired) electrons. The second-order valence-corrected chi connectivity index (χ2v) is 28.2. The lowest BCUT2D eigenvalue weighted by Crippen LogP contribution is -2.12. The Kier molecular flexibility index (Phi) is 15.4. The largest absolute Gasteiger partial charge is 0.310 e. The van der Waals surface area contributed by atoms with Crippen molar-refractivity contribution in [1.82, 2.24) is 19.9 Å². The third kappa shape index (κ3) is 11.2. The summed E-state index contributed by atoms with van der Waals surface area (Å²) in [6.07, 6.45) is 3.71. The predicted molar refractivity (Wildman–Crippen MR) is 462 cm³/mol. The van der Waals surface area contributed by atoms with Crippen molar-refractivity contribution in [2.24, 2.45) is 0 Å². The predicted octanol–water partition coefficient (Wildman–Crippen LogP) is 28.0. The van der Waals surface area contributed by atoms with Gasteiger partial charge in [-0.1, -0.05) is 231 Å². The summed E-state index contributed by atoms with van der Waals surface area (Å²) in [5.41, 5.74) is 17.8. The van der Waals surface area contributed by atoms with Gasteiger partial charge in [-0.05, 0) is 245 Å². The summed E-state index contributed by atoms with van der Waals surface area (Å²) in [6.45, 7) is 0. The quantitative estimate of drug-likeness (QED) is 0.0788. The lowest BCUT2D eigenvalue weighted by atomic mass is 9.85. The summed E-state index contributed by atoms with van der Waals surface area (Å²) < 4.78 is 0. The molecule has 17 aromatic carbocycles. The van der Waals surface area contributed by atoms with Crippen LogP contribution >= 0.6 is 0 Å². The Hall–Kier alpha value is -14.9. The van der Waals surface area contributed by atoms with E-state index in [4.69, 9.17) is 19.9 Å². The molecule has 21 aromatic rings. The van der Waals surface area contributed by atoms with Crippen LogP contribution in [0.3, 0.4) is 0 Å². The summed E-state index contributed by atoms with van der Waals surface area (Å²) in [5.74, 6) is 1.54. The van der Waals surface area contributed by atoms with E-state index in [0.29, 0.717) is 0 Å². The van der Waals surface area contributed by atoms with Crippen LogP contribution in [-0.2, 0) is 0 Å². The molecule has 0 spiro atoms. The molecule has 0 bridgehead atoms. The highest BCUT2D eigenvalue weighted by Crippen LogP contribution is 2.51. The van der Waals surface area contributed by atoms with Crippen LogP contribution in [0.15, 0.2) is 401 Å². The first-order valence-corrected chi connectivity index (χ1v) is 37.3. The molecule has 0 fully saturated rings. The summed E-state index contributed by atoms with van der Waals surface area (Å²) in [4.78, 5) is 30.4. The molecule has 0 unspecified atom stereocenters. The van der Waals surface area contributed by atoms with Crippen LogP contribution in [0.5, 0.6) is 0 Å². The van der Waals surface area contributed by atoms with Gasteiger partial charge >= 0.3 is 0 Å². The van der Waals surface area contributed by atoms with Crippen molar-refractivity contribution in [3.63, 3.8) is 0 Å². The van der Waals surface area contributed by atoms with Crippen molar-refractivity contribution in [3.8, 4) is 22.3 Å². The number of aromatic nitrogens is 4. The van der Waals surface area contributed by atoms with Gasteiger partial charge in [0, 0.05) is 90.8 Å². The molecule has 0 N–H and O–H groups in total. The van der Waals surface area contributed by atoms with Gasteiger partial charge in [-0.15, -0.1) is 0 Å². The molecule has 514 valence electrons. The lowest BCUT2D eigenvalue weighted by molar-refractivity contribution is 1.21. The van der Waals surface area contributed by atoms with Crippen LogP contribution in [0.4, 0.5) is 68.5 Å². The summed E-state index contributed by atoms with van der Waals surface area (Å²) in [5, 5.41) is 17.8. The summed E-state index contributed by atoms with van der Waals surface area (Å²) in [6, 6.07) is 141. The Balaban J connectivity index is 0.827. The highest BCUT2D eigenvalue weighted by atomic mass is 15.2. The van der Waals surface area contributed by atoms with Gasteiger partial charge in [0.05, 0.1) is 22.1 Å². The van der Waals surface area contributed by atoms with Gasteiger partial charge < -0.3 is 9.80 Å². The van der Waals surface area contributed by atoms with Crippen LogP contribution in [0.25, 0.3) is 131 Å². The Labute approximate surface area is 635 Å². The number of anilines is 12. The fraction of sp³-hybridized carbons (Fsp3) is 0. The standard InChI is InChI=1S/C102H66N8/c1-3-27-81(28-4-1)109(95-57-43-75-33-31-73-25-15-59-103-99(73)101(75)105-95)89-53-55-91-93(65-89)97(71-39-45-83(46-40-71)107(85-49-35-67-17-7-11-21-77(67)61-85)86-50-36-68-18-8-12-22-78(68)62-86)92-56-54-90(110(82-29-5-2-6-30-82)96-58-44-76-34-32-74-26-16-60-104-100(74)102(76)106-96)66-94(92)98(91)72-41-47-84(48-42-72)108(87-51-37-69-19-9-13-23-79(69)63-87)88-52-38-70-20-10-14-24-80(70)64-88/h1-66H. The Morgan fingerprint density at radius 1 is 0.164 bits per heavy atom. The number of benzene rings is 17. The molecule has 0 aliphatic rings. The molecule has 8 nitrogen and oxygen atoms in total. The van der Waals surface area contributed by atoms with Crippen molar-refractivity contribution in [2.45, 2.75) is 0 Å². The topological polar surface area (TPSA) is 64.5 Å². The van der Waals surface area contributed by atoms with Crippen LogP contribution in [0, 0.1) is 0 Å². The molecule has 0 saturated heterocycles. The molecule has 110 heavy (non-hydrogen) atoms. The zero-order chi connectivity index (χ0) is 72.6. The van der Waals surface area contributed by atoms with Gasteiger partial charge in [0.1, 0.15) is 11.6 Å². The lowest BCUT2D eigenvalue weighted by Gasteiger charge is -2.28. The third-order valence-corrected chi connectivity index (χ3v) is 21.7. The minimum Gasteiger partial charge on any atom is -0.310 e. The van der Waals surface area contributed by atoms with Crippen molar-refractivity contribution in [1.29, 1.82) is 0 Å². The zero-order valence-corrected chi connectivity index (χ0v) is 59.7. The average Bonchev–Trinajstić information content (AvgIpc) is 0.721. The maximum absolute atomic E-state index is 5.59. The van der Waals surface area contributed by atoms with Crippen molar-refractivity contribution < 1.29 is 0 Å². The first-order chi connectivity index (χ1) is 54.5. The number of nitrogens with zero attached hydrogens (tertiary/aromatic N) is 8. The number of para-hydroxylation sites is 2. The maximum Gasteiger partial charge on any atom is 0.138 e. The SMILES string of the molecule is c1ccc(N(c2ccc3c(-c4ccc(N(c5ccc6ccccc6c5)c5ccc6ccccc6c5)cc4)c4cc(N(c5ccccc5)c5ccc6ccc7cccnc7c6n5)ccc4c(-c4ccc(N(c5ccc6ccccc6c5)c5ccc6ccccc6c5)cc4)c3c2)c2ccc3ccc4cccnc4c3n2)cc1. The first kappa shape index (κ1) is 63.6. The third-order valence-electron chi connectivity index (χ3n) is 21.7. The molecule has 0 saturated carbocycles. The fourth-order valence-corrected chi connectivity index (χ4v) is 16.5. The normalized spacial score (nSPS) is 11.6. The smallest absolute Gasteiger partial charge is 0.138 e. The second-order valence-electron chi connectivity index (χ2n) is 28.2. The van der Waals surface area contributed by atoms with Gasteiger partial charge in [-0.2, -0.15) is 0 Å². The van der Waals surface area contributed by atoms with E-state index in [1.54, 1.807) is 0 Å². The maximum atomic E-state index is 5.59. The number of rotatable bonds is 14. The number of hydrogen-bond acceptors (Lipinski definition) is 8. The van der Waals surface area contributed by atoms with Crippen LogP contribution in [-0.4, -0.2) is 19.9 Å². The Bertz CT molecular complexity index is 6600. The minimum atomic E-state index is 0.769. The van der Waals surface area contributed by atoms with E-state index in [1.165, 1.54) is 43.1 Å². The number of hydrogen-bond donors (Lipinski definition) is 0. The molecular weight excluding hydrogens is 1340 g/mol. The molecule has 4 aromatic heterocycles.